The first-order valence-electron chi connectivity index (χ1n) is 7.07. The van der Waals surface area contributed by atoms with Crippen molar-refractivity contribution >= 4 is 11.6 Å². The van der Waals surface area contributed by atoms with Crippen molar-refractivity contribution < 1.29 is 27.4 Å². The Kier molecular flexibility index (Phi) is 4.69. The summed E-state index contributed by atoms with van der Waals surface area (Å²) in [7, 11) is 0. The number of rotatable bonds is 5. The van der Waals surface area contributed by atoms with Crippen LogP contribution in [0.3, 0.4) is 0 Å². The van der Waals surface area contributed by atoms with Crippen molar-refractivity contribution in [3.8, 4) is 17.5 Å². The van der Waals surface area contributed by atoms with Gasteiger partial charge in [-0.25, -0.2) is 0 Å². The molecule has 0 atom stereocenters. The number of tetrazole rings is 1. The Morgan fingerprint density at radius 2 is 1.85 bits per heavy atom. The third kappa shape index (κ3) is 4.69. The van der Waals surface area contributed by atoms with Crippen LogP contribution in [0, 0.1) is 0 Å². The molecule has 0 aliphatic rings. The fraction of sp³-hybridized carbons (Fsp3) is 0.0667. The fourth-order valence-corrected chi connectivity index (χ4v) is 1.95. The second-order valence-corrected chi connectivity index (χ2v) is 4.85. The Morgan fingerprint density at radius 3 is 2.50 bits per heavy atom. The topological polar surface area (TPSA) is 102 Å². The average Bonchev–Trinajstić information content (AvgIpc) is 3.08. The molecule has 1 aromatic heterocycles. The first kappa shape index (κ1) is 17.2. The second-order valence-electron chi connectivity index (χ2n) is 4.85. The molecule has 0 saturated heterocycles. The number of hydrogen-bond acceptors (Lipinski definition) is 6. The van der Waals surface area contributed by atoms with E-state index in [2.05, 4.69) is 30.7 Å². The van der Waals surface area contributed by atoms with E-state index < -0.39 is 18.0 Å². The van der Waals surface area contributed by atoms with Gasteiger partial charge in [-0.1, -0.05) is 16.3 Å². The highest BCUT2D eigenvalue weighted by Gasteiger charge is 2.31. The fourth-order valence-electron chi connectivity index (χ4n) is 1.95. The van der Waals surface area contributed by atoms with E-state index in [1.54, 1.807) is 24.3 Å². The summed E-state index contributed by atoms with van der Waals surface area (Å²) in [6.45, 7) is 0. The van der Waals surface area contributed by atoms with Crippen LogP contribution in [-0.4, -0.2) is 32.9 Å². The molecular weight excluding hydrogens is 355 g/mol. The average molecular weight is 365 g/mol. The van der Waals surface area contributed by atoms with Crippen LogP contribution >= 0.6 is 0 Å². The standard InChI is InChI=1S/C15H10F3N5O3/c16-15(17,18)26-12-3-1-2-9(8-12)13(24)19-10-4-6-11(7-5-10)25-14-20-22-23-21-14/h1-8H,(H,19,24)(H,20,21,22,23). The summed E-state index contributed by atoms with van der Waals surface area (Å²) in [5.74, 6) is -0.663. The van der Waals surface area contributed by atoms with Crippen LogP contribution in [0.4, 0.5) is 18.9 Å². The van der Waals surface area contributed by atoms with Crippen molar-refractivity contribution in [3.05, 3.63) is 54.1 Å². The lowest BCUT2D eigenvalue weighted by atomic mass is 10.2. The van der Waals surface area contributed by atoms with Gasteiger partial charge in [0.15, 0.2) is 0 Å². The number of nitrogens with one attached hydrogen (secondary N) is 2. The molecule has 134 valence electrons. The molecule has 2 aromatic carbocycles. The van der Waals surface area contributed by atoms with Gasteiger partial charge in [0.25, 0.3) is 5.91 Å². The van der Waals surface area contributed by atoms with Gasteiger partial charge in [-0.05, 0) is 47.7 Å². The maximum absolute atomic E-state index is 12.2. The Hall–Kier alpha value is -3.63. The minimum atomic E-state index is -4.83. The van der Waals surface area contributed by atoms with E-state index in [9.17, 15) is 18.0 Å². The number of aromatic amines is 1. The van der Waals surface area contributed by atoms with Crippen molar-refractivity contribution in [1.29, 1.82) is 0 Å². The zero-order chi connectivity index (χ0) is 18.6. The number of alkyl halides is 3. The van der Waals surface area contributed by atoms with Crippen molar-refractivity contribution in [2.75, 3.05) is 5.32 Å². The zero-order valence-corrected chi connectivity index (χ0v) is 12.8. The Morgan fingerprint density at radius 1 is 1.08 bits per heavy atom. The molecule has 3 aromatic rings. The van der Waals surface area contributed by atoms with Crippen molar-refractivity contribution in [2.45, 2.75) is 6.36 Å². The zero-order valence-electron chi connectivity index (χ0n) is 12.8. The summed E-state index contributed by atoms with van der Waals surface area (Å²) in [4.78, 5) is 12.2. The molecule has 0 fully saturated rings. The van der Waals surface area contributed by atoms with Crippen LogP contribution in [0.15, 0.2) is 48.5 Å². The van der Waals surface area contributed by atoms with Gasteiger partial charge in [-0.2, -0.15) is 5.21 Å². The van der Waals surface area contributed by atoms with Gasteiger partial charge in [-0.15, -0.1) is 13.2 Å². The van der Waals surface area contributed by atoms with Crippen LogP contribution < -0.4 is 14.8 Å². The monoisotopic (exact) mass is 365 g/mol. The van der Waals surface area contributed by atoms with Crippen LogP contribution in [-0.2, 0) is 0 Å². The smallest absolute Gasteiger partial charge is 0.422 e. The molecule has 26 heavy (non-hydrogen) atoms. The predicted octanol–water partition coefficient (Wildman–Crippen LogP) is 3.14. The molecular formula is C15H10F3N5O3. The Labute approximate surface area is 143 Å². The molecule has 0 bridgehead atoms. The van der Waals surface area contributed by atoms with Crippen molar-refractivity contribution in [2.24, 2.45) is 0 Å². The third-order valence-corrected chi connectivity index (χ3v) is 2.98. The number of benzene rings is 2. The quantitative estimate of drug-likeness (QED) is 0.720. The van der Waals surface area contributed by atoms with E-state index in [0.29, 0.717) is 11.4 Å². The number of carbonyl (C=O) groups excluding carboxylic acids is 1. The van der Waals surface area contributed by atoms with Gasteiger partial charge in [0, 0.05) is 11.3 Å². The summed E-state index contributed by atoms with van der Waals surface area (Å²) in [6.07, 6.45) is -4.83. The van der Waals surface area contributed by atoms with Crippen LogP contribution in [0.1, 0.15) is 10.4 Å². The maximum atomic E-state index is 12.2. The highest BCUT2D eigenvalue weighted by molar-refractivity contribution is 6.04. The molecule has 0 aliphatic carbocycles. The van der Waals surface area contributed by atoms with Gasteiger partial charge in [-0.3, -0.25) is 4.79 Å². The van der Waals surface area contributed by atoms with E-state index in [0.717, 1.165) is 12.1 Å². The van der Waals surface area contributed by atoms with Crippen LogP contribution in [0.25, 0.3) is 0 Å². The lowest BCUT2D eigenvalue weighted by Crippen LogP contribution is -2.18. The molecule has 0 radical (unpaired) electrons. The molecule has 1 heterocycles. The van der Waals surface area contributed by atoms with E-state index in [1.807, 2.05) is 0 Å². The number of halogens is 3. The number of H-pyrrole nitrogens is 1. The van der Waals surface area contributed by atoms with Gasteiger partial charge in [0.1, 0.15) is 11.5 Å². The van der Waals surface area contributed by atoms with E-state index in [-0.39, 0.29) is 11.6 Å². The lowest BCUT2D eigenvalue weighted by Gasteiger charge is -2.10. The number of carbonyl (C=O) groups is 1. The summed E-state index contributed by atoms with van der Waals surface area (Å²) in [5.41, 5.74) is 0.427. The SMILES string of the molecule is O=C(Nc1ccc(Oc2nn[nH]n2)cc1)c1cccc(OC(F)(F)F)c1. The number of amides is 1. The second kappa shape index (κ2) is 7.09. The lowest BCUT2D eigenvalue weighted by molar-refractivity contribution is -0.274. The maximum Gasteiger partial charge on any atom is 0.573 e. The normalized spacial score (nSPS) is 11.0. The Bertz CT molecular complexity index is 882. The number of hydrogen-bond donors (Lipinski definition) is 2. The van der Waals surface area contributed by atoms with Gasteiger partial charge >= 0.3 is 12.4 Å². The summed E-state index contributed by atoms with van der Waals surface area (Å²) in [5, 5.41) is 15.4. The third-order valence-electron chi connectivity index (χ3n) is 2.98. The highest BCUT2D eigenvalue weighted by atomic mass is 19.4. The minimum absolute atomic E-state index is 0.0128. The molecule has 3 rings (SSSR count). The molecule has 0 spiro atoms. The van der Waals surface area contributed by atoms with Crippen LogP contribution in [0.5, 0.6) is 17.5 Å². The minimum Gasteiger partial charge on any atom is -0.422 e. The molecule has 8 nitrogen and oxygen atoms in total. The summed E-state index contributed by atoms with van der Waals surface area (Å²) < 4.78 is 45.8. The molecule has 0 unspecified atom stereocenters. The van der Waals surface area contributed by atoms with Gasteiger partial charge < -0.3 is 14.8 Å². The summed E-state index contributed by atoms with van der Waals surface area (Å²) >= 11 is 0. The number of aromatic nitrogens is 4. The van der Waals surface area contributed by atoms with Gasteiger partial charge in [0.2, 0.25) is 0 Å². The number of anilines is 1. The van der Waals surface area contributed by atoms with Gasteiger partial charge in [0.05, 0.1) is 0 Å². The summed E-state index contributed by atoms with van der Waals surface area (Å²) in [6, 6.07) is 11.0. The highest BCUT2D eigenvalue weighted by Crippen LogP contribution is 2.24. The molecule has 0 saturated carbocycles. The predicted molar refractivity (Wildman–Crippen MR) is 81.8 cm³/mol. The molecule has 11 heteroatoms. The largest absolute Gasteiger partial charge is 0.573 e. The van der Waals surface area contributed by atoms with Crippen molar-refractivity contribution in [1.82, 2.24) is 20.6 Å². The number of nitrogens with zero attached hydrogens (tertiary/aromatic N) is 3. The van der Waals surface area contributed by atoms with Crippen LogP contribution in [0.2, 0.25) is 0 Å². The van der Waals surface area contributed by atoms with Crippen molar-refractivity contribution in [3.63, 3.8) is 0 Å². The van der Waals surface area contributed by atoms with E-state index in [4.69, 9.17) is 4.74 Å². The van der Waals surface area contributed by atoms with E-state index in [1.165, 1.54) is 12.1 Å². The molecule has 0 aliphatic heterocycles. The Balaban J connectivity index is 1.65. The number of ether oxygens (including phenoxy) is 2. The molecule has 2 N–H and O–H groups in total. The first-order chi connectivity index (χ1) is 12.4. The molecule has 1 amide bonds. The van der Waals surface area contributed by atoms with E-state index >= 15 is 0 Å². The first-order valence-corrected chi connectivity index (χ1v) is 7.07.